The zero-order valence-electron chi connectivity index (χ0n) is 18.2. The van der Waals surface area contributed by atoms with Crippen LogP contribution in [-0.2, 0) is 20.8 Å². The summed E-state index contributed by atoms with van der Waals surface area (Å²) in [5.41, 5.74) is 7.10. The Morgan fingerprint density at radius 3 is 2.54 bits per heavy atom. The Bertz CT molecular complexity index is 747. The van der Waals surface area contributed by atoms with Crippen molar-refractivity contribution >= 4 is 25.8 Å². The zero-order chi connectivity index (χ0) is 20.9. The Hall–Kier alpha value is -1.55. The van der Waals surface area contributed by atoms with Gasteiger partial charge in [0.2, 0.25) is 0 Å². The summed E-state index contributed by atoms with van der Waals surface area (Å²) >= 11 is 0. The van der Waals surface area contributed by atoms with Gasteiger partial charge in [-0.25, -0.2) is 15.0 Å². The number of nitrogens with two attached hydrogens (primary N) is 1. The minimum atomic E-state index is -1.16. The highest BCUT2D eigenvalue weighted by Gasteiger charge is 2.32. The fourth-order valence-electron chi connectivity index (χ4n) is 3.21. The first-order valence-electron chi connectivity index (χ1n) is 9.98. The molecule has 0 radical (unpaired) electrons. The van der Waals surface area contributed by atoms with E-state index in [1.54, 1.807) is 6.33 Å². The molecular formula is C19H35N5O3Si. The van der Waals surface area contributed by atoms with Crippen LogP contribution in [0.15, 0.2) is 12.7 Å². The van der Waals surface area contributed by atoms with Gasteiger partial charge in [0.05, 0.1) is 32.6 Å². The Balaban J connectivity index is 2.21. The first-order valence-corrected chi connectivity index (χ1v) is 13.0. The second-order valence-electron chi connectivity index (χ2n) is 8.29. The summed E-state index contributed by atoms with van der Waals surface area (Å²) in [5, 5.41) is 0. The van der Waals surface area contributed by atoms with Gasteiger partial charge < -0.3 is 24.5 Å². The van der Waals surface area contributed by atoms with Crippen LogP contribution < -0.4 is 5.73 Å². The van der Waals surface area contributed by atoms with Crippen LogP contribution in [0.5, 0.6) is 0 Å². The number of nitrogen functional groups attached to an aromatic ring is 1. The molecule has 0 spiro atoms. The third-order valence-electron chi connectivity index (χ3n) is 4.36. The van der Waals surface area contributed by atoms with Crippen molar-refractivity contribution < 1.29 is 14.2 Å². The molecule has 2 aromatic rings. The molecule has 2 N–H and O–H groups in total. The molecule has 28 heavy (non-hydrogen) atoms. The summed E-state index contributed by atoms with van der Waals surface area (Å²) in [5.74, 6) is 0.394. The number of anilines is 1. The molecule has 2 rings (SSSR count). The average molecular weight is 410 g/mol. The van der Waals surface area contributed by atoms with E-state index in [-0.39, 0.29) is 23.7 Å². The van der Waals surface area contributed by atoms with Crippen LogP contribution >= 0.6 is 0 Å². The number of imidazole rings is 1. The van der Waals surface area contributed by atoms with Crippen molar-refractivity contribution in [3.63, 3.8) is 0 Å². The molecule has 8 nitrogen and oxygen atoms in total. The zero-order valence-corrected chi connectivity index (χ0v) is 19.3. The predicted molar refractivity (Wildman–Crippen MR) is 114 cm³/mol. The second-order valence-corrected chi connectivity index (χ2v) is 11.4. The van der Waals surface area contributed by atoms with Crippen LogP contribution in [0.2, 0.25) is 13.1 Å². The van der Waals surface area contributed by atoms with Crippen LogP contribution in [0.4, 0.5) is 5.82 Å². The fourth-order valence-corrected chi connectivity index (χ4v) is 5.03. The summed E-state index contributed by atoms with van der Waals surface area (Å²) in [6.45, 7) is 16.1. The Morgan fingerprint density at radius 2 is 1.93 bits per heavy atom. The summed E-state index contributed by atoms with van der Waals surface area (Å²) in [4.78, 5) is 12.7. The van der Waals surface area contributed by atoms with E-state index in [9.17, 15) is 0 Å². The van der Waals surface area contributed by atoms with Crippen molar-refractivity contribution in [2.45, 2.75) is 84.4 Å². The quantitative estimate of drug-likeness (QED) is 0.476. The topological polar surface area (TPSA) is 97.3 Å². The highest BCUT2D eigenvalue weighted by atomic mass is 28.3. The molecule has 2 heterocycles. The maximum Gasteiger partial charge on any atom is 0.165 e. The molecule has 0 aliphatic heterocycles. The van der Waals surface area contributed by atoms with E-state index >= 15 is 0 Å². The van der Waals surface area contributed by atoms with Crippen LogP contribution in [0, 0.1) is 0 Å². The molecule has 0 aromatic carbocycles. The fraction of sp³-hybridized carbons (Fsp3) is 0.737. The Morgan fingerprint density at radius 1 is 1.21 bits per heavy atom. The van der Waals surface area contributed by atoms with E-state index in [0.29, 0.717) is 24.5 Å². The molecule has 0 fully saturated rings. The van der Waals surface area contributed by atoms with Crippen molar-refractivity contribution in [1.29, 1.82) is 0 Å². The normalized spacial score (nSPS) is 15.9. The van der Waals surface area contributed by atoms with Gasteiger partial charge in [0.15, 0.2) is 17.8 Å². The number of hydrogen-bond acceptors (Lipinski definition) is 7. The third-order valence-corrected chi connectivity index (χ3v) is 6.24. The van der Waals surface area contributed by atoms with E-state index in [0.717, 1.165) is 12.1 Å². The molecule has 3 unspecified atom stereocenters. The number of aromatic nitrogens is 4. The van der Waals surface area contributed by atoms with Crippen molar-refractivity contribution in [3.05, 3.63) is 12.7 Å². The minimum absolute atomic E-state index is 0.0670. The smallest absolute Gasteiger partial charge is 0.165 e. The largest absolute Gasteiger partial charge is 0.382 e. The molecule has 2 aromatic heterocycles. The number of rotatable bonds is 10. The molecule has 9 heteroatoms. The highest BCUT2D eigenvalue weighted by molar-refractivity contribution is 6.57. The maximum absolute atomic E-state index is 6.43. The Kier molecular flexibility index (Phi) is 7.94. The Labute approximate surface area is 169 Å². The van der Waals surface area contributed by atoms with Gasteiger partial charge in [-0.15, -0.1) is 0 Å². The van der Waals surface area contributed by atoms with E-state index in [1.165, 1.54) is 6.33 Å². The number of nitrogens with zero attached hydrogens (tertiary/aromatic N) is 4. The van der Waals surface area contributed by atoms with E-state index < -0.39 is 8.80 Å². The molecule has 0 saturated carbocycles. The summed E-state index contributed by atoms with van der Waals surface area (Å²) in [6.07, 6.45) is 3.62. The highest BCUT2D eigenvalue weighted by Crippen LogP contribution is 2.23. The van der Waals surface area contributed by atoms with Gasteiger partial charge in [-0.1, -0.05) is 13.1 Å². The van der Waals surface area contributed by atoms with Crippen LogP contribution in [-0.4, -0.2) is 58.6 Å². The van der Waals surface area contributed by atoms with Gasteiger partial charge in [-0.2, -0.15) is 0 Å². The maximum atomic E-state index is 6.43. The van der Waals surface area contributed by atoms with Crippen molar-refractivity contribution in [2.24, 2.45) is 0 Å². The lowest BCUT2D eigenvalue weighted by atomic mass is 10.2. The summed E-state index contributed by atoms with van der Waals surface area (Å²) < 4.78 is 20.3. The SMILES string of the molecule is CCOC(C)OC(CCn1cnc2c(N)ncnc21)C(OC(C)(C)C)[SiH](C)C. The first kappa shape index (κ1) is 22.7. The predicted octanol–water partition coefficient (Wildman–Crippen LogP) is 2.78. The third kappa shape index (κ3) is 6.23. The van der Waals surface area contributed by atoms with Crippen molar-refractivity contribution in [2.75, 3.05) is 12.3 Å². The average Bonchev–Trinajstić information content (AvgIpc) is 3.00. The minimum Gasteiger partial charge on any atom is -0.382 e. The van der Waals surface area contributed by atoms with Gasteiger partial charge in [0.1, 0.15) is 11.8 Å². The van der Waals surface area contributed by atoms with E-state index in [1.807, 2.05) is 18.4 Å². The lowest BCUT2D eigenvalue weighted by Gasteiger charge is -2.36. The van der Waals surface area contributed by atoms with Crippen molar-refractivity contribution in [1.82, 2.24) is 19.5 Å². The van der Waals surface area contributed by atoms with E-state index in [2.05, 4.69) is 48.8 Å². The molecule has 0 aliphatic rings. The molecule has 158 valence electrons. The summed E-state index contributed by atoms with van der Waals surface area (Å²) in [6, 6.07) is 0. The number of hydrogen-bond donors (Lipinski definition) is 1. The van der Waals surface area contributed by atoms with Crippen molar-refractivity contribution in [3.8, 4) is 0 Å². The van der Waals surface area contributed by atoms with E-state index in [4.69, 9.17) is 19.9 Å². The molecule has 3 atom stereocenters. The molecule has 0 saturated heterocycles. The van der Waals surface area contributed by atoms with Crippen LogP contribution in [0.25, 0.3) is 11.2 Å². The van der Waals surface area contributed by atoms with Crippen LogP contribution in [0.1, 0.15) is 41.0 Å². The van der Waals surface area contributed by atoms with Gasteiger partial charge in [0.25, 0.3) is 0 Å². The monoisotopic (exact) mass is 409 g/mol. The standard InChI is InChI=1S/C19H35N5O3Si/c1-8-25-13(2)26-14(18(28(6)7)27-19(3,4)5)9-10-24-12-23-15-16(20)21-11-22-17(15)24/h11-14,18,28H,8-10H2,1-7H3,(H2,20,21,22). The summed E-state index contributed by atoms with van der Waals surface area (Å²) in [7, 11) is -1.16. The molecular weight excluding hydrogens is 374 g/mol. The first-order chi connectivity index (χ1) is 13.1. The second kappa shape index (κ2) is 9.77. The van der Waals surface area contributed by atoms with Gasteiger partial charge in [0, 0.05) is 13.2 Å². The number of aryl methyl sites for hydroxylation is 1. The lowest BCUT2D eigenvalue weighted by Crippen LogP contribution is -2.47. The van der Waals surface area contributed by atoms with Gasteiger partial charge in [-0.05, 0) is 41.0 Å². The molecule has 0 bridgehead atoms. The number of fused-ring (bicyclic) bond motifs is 1. The lowest BCUT2D eigenvalue weighted by molar-refractivity contribution is -0.191. The van der Waals surface area contributed by atoms with Gasteiger partial charge >= 0.3 is 0 Å². The van der Waals surface area contributed by atoms with Crippen LogP contribution in [0.3, 0.4) is 0 Å². The number of ether oxygens (including phenoxy) is 3. The molecule has 0 amide bonds. The molecule has 0 aliphatic carbocycles. The van der Waals surface area contributed by atoms with Gasteiger partial charge in [-0.3, -0.25) is 0 Å².